The number of hydrogen-bond acceptors (Lipinski definition) is 2. The minimum Gasteiger partial charge on any atom is -0.481 e. The molecule has 1 aromatic rings. The lowest BCUT2D eigenvalue weighted by molar-refractivity contribution is -0.136. The standard InChI is InChI=1S/C9H14N2O2/c1-7(2)5-11-6-8(4-10-11)3-9(12)13/h4,6-7H,3,5H2,1-2H3,(H,12,13). The van der Waals surface area contributed by atoms with Crippen LogP contribution < -0.4 is 0 Å². The van der Waals surface area contributed by atoms with Crippen molar-refractivity contribution in [2.24, 2.45) is 5.92 Å². The van der Waals surface area contributed by atoms with Crippen LogP contribution in [0.2, 0.25) is 0 Å². The van der Waals surface area contributed by atoms with Crippen molar-refractivity contribution in [3.63, 3.8) is 0 Å². The summed E-state index contributed by atoms with van der Waals surface area (Å²) in [7, 11) is 0. The topological polar surface area (TPSA) is 55.1 Å². The van der Waals surface area contributed by atoms with Crippen LogP contribution >= 0.6 is 0 Å². The Morgan fingerprint density at radius 3 is 2.92 bits per heavy atom. The first-order valence-corrected chi connectivity index (χ1v) is 4.31. The maximum Gasteiger partial charge on any atom is 0.307 e. The summed E-state index contributed by atoms with van der Waals surface area (Å²) in [6.07, 6.45) is 3.45. The van der Waals surface area contributed by atoms with Crippen molar-refractivity contribution < 1.29 is 9.90 Å². The lowest BCUT2D eigenvalue weighted by Crippen LogP contribution is -2.04. The molecule has 4 nitrogen and oxygen atoms in total. The first-order valence-electron chi connectivity index (χ1n) is 4.31. The van der Waals surface area contributed by atoms with Crippen molar-refractivity contribution in [3.05, 3.63) is 18.0 Å². The zero-order valence-corrected chi connectivity index (χ0v) is 7.90. The van der Waals surface area contributed by atoms with Gasteiger partial charge in [-0.25, -0.2) is 0 Å². The average Bonchev–Trinajstić information content (AvgIpc) is 2.33. The summed E-state index contributed by atoms with van der Waals surface area (Å²) in [5, 5.41) is 12.6. The second kappa shape index (κ2) is 4.07. The number of carboxylic acid groups (broad SMARTS) is 1. The molecule has 1 N–H and O–H groups in total. The fourth-order valence-electron chi connectivity index (χ4n) is 1.15. The first kappa shape index (κ1) is 9.77. The molecular weight excluding hydrogens is 168 g/mol. The van der Waals surface area contributed by atoms with Gasteiger partial charge in [-0.05, 0) is 5.92 Å². The van der Waals surface area contributed by atoms with Gasteiger partial charge >= 0.3 is 5.97 Å². The number of carboxylic acids is 1. The van der Waals surface area contributed by atoms with Gasteiger partial charge in [-0.2, -0.15) is 5.10 Å². The number of nitrogens with zero attached hydrogens (tertiary/aromatic N) is 2. The van der Waals surface area contributed by atoms with Crippen LogP contribution in [-0.2, 0) is 17.8 Å². The van der Waals surface area contributed by atoms with Gasteiger partial charge in [0.25, 0.3) is 0 Å². The summed E-state index contributed by atoms with van der Waals surface area (Å²) in [5.41, 5.74) is 0.758. The third-order valence-electron chi connectivity index (χ3n) is 1.59. The monoisotopic (exact) mass is 182 g/mol. The van der Waals surface area contributed by atoms with E-state index in [0.29, 0.717) is 5.92 Å². The summed E-state index contributed by atoms with van der Waals surface area (Å²) in [6.45, 7) is 5.02. The highest BCUT2D eigenvalue weighted by molar-refractivity contribution is 5.69. The zero-order chi connectivity index (χ0) is 9.84. The van der Waals surface area contributed by atoms with Crippen molar-refractivity contribution in [2.75, 3.05) is 0 Å². The Hall–Kier alpha value is -1.32. The largest absolute Gasteiger partial charge is 0.481 e. The number of aromatic nitrogens is 2. The molecule has 1 rings (SSSR count). The van der Waals surface area contributed by atoms with Gasteiger partial charge in [0.2, 0.25) is 0 Å². The molecule has 0 fully saturated rings. The van der Waals surface area contributed by atoms with E-state index in [1.54, 1.807) is 17.1 Å². The number of aliphatic carboxylic acids is 1. The Morgan fingerprint density at radius 2 is 2.38 bits per heavy atom. The van der Waals surface area contributed by atoms with Gasteiger partial charge < -0.3 is 5.11 Å². The molecule has 0 saturated carbocycles. The predicted octanol–water partition coefficient (Wildman–Crippen LogP) is 1.17. The molecule has 0 aliphatic carbocycles. The van der Waals surface area contributed by atoms with E-state index >= 15 is 0 Å². The van der Waals surface area contributed by atoms with E-state index in [2.05, 4.69) is 18.9 Å². The molecule has 0 amide bonds. The summed E-state index contributed by atoms with van der Waals surface area (Å²) >= 11 is 0. The van der Waals surface area contributed by atoms with Crippen LogP contribution in [0.25, 0.3) is 0 Å². The van der Waals surface area contributed by atoms with Gasteiger partial charge in [0.05, 0.1) is 12.6 Å². The van der Waals surface area contributed by atoms with Crippen molar-refractivity contribution in [1.29, 1.82) is 0 Å². The molecule has 0 aromatic carbocycles. The van der Waals surface area contributed by atoms with E-state index in [9.17, 15) is 4.79 Å². The third kappa shape index (κ3) is 3.27. The molecule has 0 radical (unpaired) electrons. The smallest absolute Gasteiger partial charge is 0.307 e. The Morgan fingerprint density at radius 1 is 1.69 bits per heavy atom. The van der Waals surface area contributed by atoms with E-state index in [0.717, 1.165) is 12.1 Å². The molecule has 13 heavy (non-hydrogen) atoms. The van der Waals surface area contributed by atoms with Crippen LogP contribution in [0.3, 0.4) is 0 Å². The van der Waals surface area contributed by atoms with Gasteiger partial charge in [-0.1, -0.05) is 13.8 Å². The quantitative estimate of drug-likeness (QED) is 0.760. The Bertz CT molecular complexity index is 292. The molecule has 0 aliphatic heterocycles. The number of rotatable bonds is 4. The molecule has 0 atom stereocenters. The molecule has 0 bridgehead atoms. The van der Waals surface area contributed by atoms with Crippen molar-refractivity contribution in [1.82, 2.24) is 9.78 Å². The molecular formula is C9H14N2O2. The summed E-state index contributed by atoms with van der Waals surface area (Å²) in [4.78, 5) is 10.4. The van der Waals surface area contributed by atoms with Crippen LogP contribution in [0.1, 0.15) is 19.4 Å². The van der Waals surface area contributed by atoms with Gasteiger partial charge in [0, 0.05) is 18.3 Å². The Labute approximate surface area is 77.2 Å². The minimum absolute atomic E-state index is 0.0537. The van der Waals surface area contributed by atoms with Gasteiger partial charge in [-0.3, -0.25) is 9.48 Å². The maximum atomic E-state index is 10.4. The Kier molecular flexibility index (Phi) is 3.06. The molecule has 0 unspecified atom stereocenters. The van der Waals surface area contributed by atoms with Crippen LogP contribution in [0, 0.1) is 5.92 Å². The van der Waals surface area contributed by atoms with Crippen LogP contribution in [0.4, 0.5) is 0 Å². The van der Waals surface area contributed by atoms with E-state index in [4.69, 9.17) is 5.11 Å². The summed E-state index contributed by atoms with van der Waals surface area (Å²) in [5.74, 6) is -0.290. The normalized spacial score (nSPS) is 10.7. The fraction of sp³-hybridized carbons (Fsp3) is 0.556. The molecule has 1 heterocycles. The highest BCUT2D eigenvalue weighted by Gasteiger charge is 2.04. The maximum absolute atomic E-state index is 10.4. The minimum atomic E-state index is -0.816. The van der Waals surface area contributed by atoms with E-state index in [1.165, 1.54) is 0 Å². The van der Waals surface area contributed by atoms with E-state index in [-0.39, 0.29) is 6.42 Å². The molecule has 4 heteroatoms. The fourth-order valence-corrected chi connectivity index (χ4v) is 1.15. The van der Waals surface area contributed by atoms with Gasteiger partial charge in [-0.15, -0.1) is 0 Å². The van der Waals surface area contributed by atoms with E-state index in [1.807, 2.05) is 0 Å². The van der Waals surface area contributed by atoms with Crippen molar-refractivity contribution >= 4 is 5.97 Å². The molecule has 0 spiro atoms. The summed E-state index contributed by atoms with van der Waals surface area (Å²) in [6, 6.07) is 0. The Balaban J connectivity index is 2.58. The summed E-state index contributed by atoms with van der Waals surface area (Å²) < 4.78 is 1.78. The van der Waals surface area contributed by atoms with E-state index < -0.39 is 5.97 Å². The first-order chi connectivity index (χ1) is 6.08. The lowest BCUT2D eigenvalue weighted by atomic mass is 10.2. The number of carbonyl (C=O) groups is 1. The lowest BCUT2D eigenvalue weighted by Gasteiger charge is -2.02. The second-order valence-corrected chi connectivity index (χ2v) is 3.53. The highest BCUT2D eigenvalue weighted by Crippen LogP contribution is 2.02. The molecule has 0 aliphatic rings. The predicted molar refractivity (Wildman–Crippen MR) is 48.4 cm³/mol. The number of hydrogen-bond donors (Lipinski definition) is 1. The van der Waals surface area contributed by atoms with Crippen LogP contribution in [0.5, 0.6) is 0 Å². The zero-order valence-electron chi connectivity index (χ0n) is 7.90. The molecule has 0 saturated heterocycles. The van der Waals surface area contributed by atoms with Gasteiger partial charge in [0.15, 0.2) is 0 Å². The third-order valence-corrected chi connectivity index (χ3v) is 1.59. The van der Waals surface area contributed by atoms with Crippen LogP contribution in [-0.4, -0.2) is 20.9 Å². The molecule has 1 aromatic heterocycles. The molecule has 72 valence electrons. The average molecular weight is 182 g/mol. The van der Waals surface area contributed by atoms with Crippen LogP contribution in [0.15, 0.2) is 12.4 Å². The van der Waals surface area contributed by atoms with Gasteiger partial charge in [0.1, 0.15) is 0 Å². The second-order valence-electron chi connectivity index (χ2n) is 3.53. The highest BCUT2D eigenvalue weighted by atomic mass is 16.4. The van der Waals surface area contributed by atoms with Crippen molar-refractivity contribution in [2.45, 2.75) is 26.8 Å². The van der Waals surface area contributed by atoms with Crippen molar-refractivity contribution in [3.8, 4) is 0 Å². The SMILES string of the molecule is CC(C)Cn1cc(CC(=O)O)cn1.